The van der Waals surface area contributed by atoms with Crippen LogP contribution in [0.2, 0.25) is 0 Å². The van der Waals surface area contributed by atoms with E-state index in [4.69, 9.17) is 0 Å². The second-order valence-electron chi connectivity index (χ2n) is 7.06. The van der Waals surface area contributed by atoms with Crippen molar-refractivity contribution in [2.45, 2.75) is 51.4 Å². The van der Waals surface area contributed by atoms with E-state index in [0.29, 0.717) is 28.6 Å². The van der Waals surface area contributed by atoms with Crippen LogP contribution in [0, 0.1) is 13.8 Å². The van der Waals surface area contributed by atoms with E-state index in [-0.39, 0.29) is 17.1 Å². The zero-order chi connectivity index (χ0) is 19.1. The van der Waals surface area contributed by atoms with Gasteiger partial charge in [-0.2, -0.15) is 0 Å². The summed E-state index contributed by atoms with van der Waals surface area (Å²) in [5, 5.41) is 1.22. The van der Waals surface area contributed by atoms with Crippen LogP contribution in [0.4, 0.5) is 0 Å². The number of aromatic nitrogens is 3. The van der Waals surface area contributed by atoms with Crippen LogP contribution in [0.25, 0.3) is 10.9 Å². The number of aryl methyl sites for hydroxylation is 1. The summed E-state index contributed by atoms with van der Waals surface area (Å²) in [6.45, 7) is 6.55. The minimum absolute atomic E-state index is 0.0510. The van der Waals surface area contributed by atoms with Crippen molar-refractivity contribution in [2.24, 2.45) is 0 Å². The fourth-order valence-electron chi connectivity index (χ4n) is 3.70. The maximum atomic E-state index is 12.8. The van der Waals surface area contributed by atoms with Crippen LogP contribution in [0.3, 0.4) is 0 Å². The first kappa shape index (κ1) is 18.0. The largest absolute Gasteiger partial charge is 0.345 e. The highest BCUT2D eigenvalue weighted by molar-refractivity contribution is 7.99. The average Bonchev–Trinajstić information content (AvgIpc) is 3.44. The first-order valence-corrected chi connectivity index (χ1v) is 10.3. The number of Topliss-reactive ketones (excluding diaryl/α,β-unsaturated/α-hetero) is 1. The number of hydrogen-bond donors (Lipinski definition) is 0. The highest BCUT2D eigenvalue weighted by Gasteiger charge is 2.28. The number of carbonyl (C=O) groups excluding carboxylic acids is 1. The second kappa shape index (κ2) is 7.00. The Morgan fingerprint density at radius 2 is 2.00 bits per heavy atom. The molecule has 27 heavy (non-hydrogen) atoms. The van der Waals surface area contributed by atoms with Crippen LogP contribution >= 0.6 is 11.8 Å². The molecule has 2 heterocycles. The molecule has 2 aromatic heterocycles. The SMILES string of the molecule is CCn1c(SCC(=O)c2cc(C)n(C3CC3)c2C)nc2ccccc2c1=O. The highest BCUT2D eigenvalue weighted by atomic mass is 32.2. The summed E-state index contributed by atoms with van der Waals surface area (Å²) >= 11 is 1.34. The van der Waals surface area contributed by atoms with Crippen molar-refractivity contribution in [2.75, 3.05) is 5.75 Å². The minimum atomic E-state index is -0.0510. The maximum absolute atomic E-state index is 12.8. The third-order valence-electron chi connectivity index (χ3n) is 5.17. The number of para-hydroxylation sites is 1. The van der Waals surface area contributed by atoms with Crippen molar-refractivity contribution in [1.82, 2.24) is 14.1 Å². The molecule has 1 fully saturated rings. The van der Waals surface area contributed by atoms with Crippen molar-refractivity contribution in [3.05, 3.63) is 57.6 Å². The molecule has 3 aromatic rings. The van der Waals surface area contributed by atoms with E-state index < -0.39 is 0 Å². The Kier molecular flexibility index (Phi) is 4.68. The molecule has 6 heteroatoms. The molecule has 4 rings (SSSR count). The third-order valence-corrected chi connectivity index (χ3v) is 6.15. The van der Waals surface area contributed by atoms with Gasteiger partial charge in [0.1, 0.15) is 0 Å². The summed E-state index contributed by atoms with van der Waals surface area (Å²) in [7, 11) is 0. The molecule has 0 amide bonds. The van der Waals surface area contributed by atoms with E-state index in [1.165, 1.54) is 24.6 Å². The molecule has 1 aliphatic rings. The Morgan fingerprint density at radius 3 is 2.70 bits per heavy atom. The van der Waals surface area contributed by atoms with Gasteiger partial charge in [-0.1, -0.05) is 23.9 Å². The van der Waals surface area contributed by atoms with Crippen LogP contribution in [0.15, 0.2) is 40.3 Å². The van der Waals surface area contributed by atoms with E-state index in [1.54, 1.807) is 10.6 Å². The number of ketones is 1. The lowest BCUT2D eigenvalue weighted by Gasteiger charge is -2.11. The van der Waals surface area contributed by atoms with Gasteiger partial charge in [0, 0.05) is 29.5 Å². The molecule has 0 aliphatic heterocycles. The van der Waals surface area contributed by atoms with Gasteiger partial charge in [-0.25, -0.2) is 4.98 Å². The maximum Gasteiger partial charge on any atom is 0.262 e. The molecule has 0 spiro atoms. The molecule has 1 aromatic carbocycles. The van der Waals surface area contributed by atoms with Crippen molar-refractivity contribution in [1.29, 1.82) is 0 Å². The Bertz CT molecular complexity index is 1090. The van der Waals surface area contributed by atoms with E-state index >= 15 is 0 Å². The van der Waals surface area contributed by atoms with Gasteiger partial charge in [0.15, 0.2) is 10.9 Å². The van der Waals surface area contributed by atoms with Crippen LogP contribution in [0.5, 0.6) is 0 Å². The van der Waals surface area contributed by atoms with Gasteiger partial charge in [0.25, 0.3) is 5.56 Å². The quantitative estimate of drug-likeness (QED) is 0.366. The predicted molar refractivity (Wildman–Crippen MR) is 109 cm³/mol. The number of carbonyl (C=O) groups is 1. The molecule has 140 valence electrons. The summed E-state index contributed by atoms with van der Waals surface area (Å²) in [5.41, 5.74) is 3.62. The number of thioether (sulfide) groups is 1. The lowest BCUT2D eigenvalue weighted by molar-refractivity contribution is 0.102. The standard InChI is InChI=1S/C21H23N3O2S/c1-4-23-20(26)16-7-5-6-8-18(16)22-21(23)27-12-19(25)17-11-13(2)24(14(17)3)15-9-10-15/h5-8,11,15H,4,9-10,12H2,1-3H3. The van der Waals surface area contributed by atoms with Crippen LogP contribution in [-0.4, -0.2) is 25.7 Å². The number of benzene rings is 1. The highest BCUT2D eigenvalue weighted by Crippen LogP contribution is 2.38. The monoisotopic (exact) mass is 381 g/mol. The molecule has 1 aliphatic carbocycles. The summed E-state index contributed by atoms with van der Waals surface area (Å²) < 4.78 is 3.93. The topological polar surface area (TPSA) is 56.9 Å². The molecule has 5 nitrogen and oxygen atoms in total. The van der Waals surface area contributed by atoms with E-state index in [2.05, 4.69) is 16.5 Å². The Hall–Kier alpha value is -2.34. The lowest BCUT2D eigenvalue weighted by Crippen LogP contribution is -2.22. The Balaban J connectivity index is 1.61. The zero-order valence-corrected chi connectivity index (χ0v) is 16.7. The summed E-state index contributed by atoms with van der Waals surface area (Å²) in [5.74, 6) is 0.366. The number of rotatable bonds is 6. The Labute approximate surface area is 162 Å². The third kappa shape index (κ3) is 3.23. The molecule has 0 bridgehead atoms. The van der Waals surface area contributed by atoms with Gasteiger partial charge in [-0.05, 0) is 51.8 Å². The summed E-state index contributed by atoms with van der Waals surface area (Å²) in [6.07, 6.45) is 2.39. The van der Waals surface area contributed by atoms with E-state index in [1.807, 2.05) is 38.1 Å². The normalized spacial score (nSPS) is 14.0. The number of nitrogens with zero attached hydrogens (tertiary/aromatic N) is 3. The number of hydrogen-bond acceptors (Lipinski definition) is 4. The van der Waals surface area contributed by atoms with Gasteiger partial charge >= 0.3 is 0 Å². The van der Waals surface area contributed by atoms with Crippen molar-refractivity contribution in [3.63, 3.8) is 0 Å². The predicted octanol–water partition coefficient (Wildman–Crippen LogP) is 4.14. The Morgan fingerprint density at radius 1 is 1.26 bits per heavy atom. The molecule has 0 saturated heterocycles. The van der Waals surface area contributed by atoms with Crippen LogP contribution < -0.4 is 5.56 Å². The molecule has 0 N–H and O–H groups in total. The van der Waals surface area contributed by atoms with E-state index in [0.717, 1.165) is 17.0 Å². The molecule has 1 saturated carbocycles. The first-order chi connectivity index (χ1) is 13.0. The van der Waals surface area contributed by atoms with Gasteiger partial charge in [0.2, 0.25) is 0 Å². The molecule has 0 atom stereocenters. The first-order valence-electron chi connectivity index (χ1n) is 9.35. The second-order valence-corrected chi connectivity index (χ2v) is 8.00. The van der Waals surface area contributed by atoms with Crippen molar-refractivity contribution < 1.29 is 4.79 Å². The summed E-state index contributed by atoms with van der Waals surface area (Å²) in [4.78, 5) is 30.2. The molecule has 0 unspecified atom stereocenters. The minimum Gasteiger partial charge on any atom is -0.345 e. The van der Waals surface area contributed by atoms with Gasteiger partial charge < -0.3 is 4.57 Å². The van der Waals surface area contributed by atoms with Gasteiger partial charge in [-0.3, -0.25) is 14.2 Å². The van der Waals surface area contributed by atoms with Gasteiger partial charge in [-0.15, -0.1) is 0 Å². The van der Waals surface area contributed by atoms with E-state index in [9.17, 15) is 9.59 Å². The molecule has 0 radical (unpaired) electrons. The molecular formula is C21H23N3O2S. The van der Waals surface area contributed by atoms with Gasteiger partial charge in [0.05, 0.1) is 16.7 Å². The fourth-order valence-corrected chi connectivity index (χ4v) is 4.65. The molecular weight excluding hydrogens is 358 g/mol. The smallest absolute Gasteiger partial charge is 0.262 e. The fraction of sp³-hybridized carbons (Fsp3) is 0.381. The van der Waals surface area contributed by atoms with Crippen molar-refractivity contribution >= 4 is 28.4 Å². The lowest BCUT2D eigenvalue weighted by atomic mass is 10.2. The number of fused-ring (bicyclic) bond motifs is 1. The zero-order valence-electron chi connectivity index (χ0n) is 15.9. The van der Waals surface area contributed by atoms with Crippen molar-refractivity contribution in [3.8, 4) is 0 Å². The van der Waals surface area contributed by atoms with Crippen LogP contribution in [0.1, 0.15) is 47.6 Å². The van der Waals surface area contributed by atoms with Crippen LogP contribution in [-0.2, 0) is 6.54 Å². The summed E-state index contributed by atoms with van der Waals surface area (Å²) in [6, 6.07) is 9.91. The average molecular weight is 382 g/mol.